The van der Waals surface area contributed by atoms with Crippen LogP contribution in [0.25, 0.3) is 0 Å². The Morgan fingerprint density at radius 1 is 1.27 bits per heavy atom. The molecule has 0 amide bonds. The Morgan fingerprint density at radius 2 is 1.80 bits per heavy atom. The Kier molecular flexibility index (Phi) is 3.71. The van der Waals surface area contributed by atoms with E-state index >= 15 is 0 Å². The summed E-state index contributed by atoms with van der Waals surface area (Å²) >= 11 is 0. The number of benzene rings is 1. The molecule has 0 radical (unpaired) electrons. The lowest BCUT2D eigenvalue weighted by Gasteiger charge is -2.20. The van der Waals surface area contributed by atoms with Crippen molar-refractivity contribution < 1.29 is 8.42 Å². The Labute approximate surface area is 90.8 Å². The van der Waals surface area contributed by atoms with E-state index in [2.05, 4.69) is 0 Å². The minimum absolute atomic E-state index is 0.431. The average Bonchev–Trinajstić information content (AvgIpc) is 2.18. The Bertz CT molecular complexity index is 412. The van der Waals surface area contributed by atoms with Gasteiger partial charge in [0.2, 0.25) is 10.0 Å². The van der Waals surface area contributed by atoms with Crippen LogP contribution in [0.1, 0.15) is 12.5 Å². The Balaban J connectivity index is 3.04. The Morgan fingerprint density at radius 3 is 2.13 bits per heavy atom. The zero-order valence-corrected chi connectivity index (χ0v) is 9.79. The van der Waals surface area contributed by atoms with Gasteiger partial charge in [0.05, 0.1) is 11.9 Å². The highest BCUT2D eigenvalue weighted by atomic mass is 32.2. The van der Waals surface area contributed by atoms with Crippen molar-refractivity contribution in [1.82, 2.24) is 0 Å². The standard InChI is InChI=1S/C10H16N2O2S/c1-3-12(15(2,13)14)10-6-4-9(8-11)5-7-10/h4-7H,3,8,11H2,1-2H3. The fourth-order valence-electron chi connectivity index (χ4n) is 1.41. The van der Waals surface area contributed by atoms with Crippen molar-refractivity contribution in [2.75, 3.05) is 17.1 Å². The van der Waals surface area contributed by atoms with Crippen molar-refractivity contribution in [1.29, 1.82) is 0 Å². The third-order valence-electron chi connectivity index (χ3n) is 2.15. The third kappa shape index (κ3) is 2.94. The molecular weight excluding hydrogens is 212 g/mol. The first-order chi connectivity index (χ1) is 6.99. The molecule has 15 heavy (non-hydrogen) atoms. The topological polar surface area (TPSA) is 63.4 Å². The second kappa shape index (κ2) is 4.63. The number of hydrogen-bond acceptors (Lipinski definition) is 3. The van der Waals surface area contributed by atoms with Gasteiger partial charge in [0, 0.05) is 13.1 Å². The number of nitrogens with two attached hydrogens (primary N) is 1. The fraction of sp³-hybridized carbons (Fsp3) is 0.400. The molecule has 4 nitrogen and oxygen atoms in total. The summed E-state index contributed by atoms with van der Waals surface area (Å²) in [5.41, 5.74) is 7.13. The minimum atomic E-state index is -3.19. The van der Waals surface area contributed by atoms with Crippen LogP contribution in [0.4, 0.5) is 5.69 Å². The maximum absolute atomic E-state index is 11.4. The van der Waals surface area contributed by atoms with Crippen LogP contribution in [0.2, 0.25) is 0 Å². The fourth-order valence-corrected chi connectivity index (χ4v) is 2.38. The first kappa shape index (κ1) is 12.0. The van der Waals surface area contributed by atoms with Gasteiger partial charge in [-0.15, -0.1) is 0 Å². The van der Waals surface area contributed by atoms with Crippen molar-refractivity contribution in [2.24, 2.45) is 5.73 Å². The summed E-state index contributed by atoms with van der Waals surface area (Å²) in [6.07, 6.45) is 1.20. The van der Waals surface area contributed by atoms with Crippen molar-refractivity contribution in [3.8, 4) is 0 Å². The molecular formula is C10H16N2O2S. The van der Waals surface area contributed by atoms with E-state index in [4.69, 9.17) is 5.73 Å². The van der Waals surface area contributed by atoms with Gasteiger partial charge in [-0.05, 0) is 24.6 Å². The first-order valence-electron chi connectivity index (χ1n) is 4.75. The lowest BCUT2D eigenvalue weighted by Crippen LogP contribution is -2.29. The van der Waals surface area contributed by atoms with Crippen molar-refractivity contribution in [3.63, 3.8) is 0 Å². The van der Waals surface area contributed by atoms with Crippen LogP contribution in [-0.2, 0) is 16.6 Å². The highest BCUT2D eigenvalue weighted by Gasteiger charge is 2.14. The smallest absolute Gasteiger partial charge is 0.232 e. The molecule has 0 bridgehead atoms. The van der Waals surface area contributed by atoms with Gasteiger partial charge in [0.1, 0.15) is 0 Å². The summed E-state index contributed by atoms with van der Waals surface area (Å²) in [5, 5.41) is 0. The molecule has 0 heterocycles. The summed E-state index contributed by atoms with van der Waals surface area (Å²) in [6, 6.07) is 7.21. The molecule has 1 aromatic rings. The SMILES string of the molecule is CCN(c1ccc(CN)cc1)S(C)(=O)=O. The van der Waals surface area contributed by atoms with Gasteiger partial charge in [0.25, 0.3) is 0 Å². The second-order valence-electron chi connectivity index (χ2n) is 3.30. The zero-order chi connectivity index (χ0) is 11.5. The largest absolute Gasteiger partial charge is 0.326 e. The summed E-state index contributed by atoms with van der Waals surface area (Å²) in [5.74, 6) is 0. The molecule has 0 fully saturated rings. The van der Waals surface area contributed by atoms with Gasteiger partial charge in [-0.25, -0.2) is 8.42 Å². The van der Waals surface area contributed by atoms with Crippen LogP contribution in [0.3, 0.4) is 0 Å². The van der Waals surface area contributed by atoms with Gasteiger partial charge in [0.15, 0.2) is 0 Å². The normalized spacial score (nSPS) is 11.4. The van der Waals surface area contributed by atoms with Crippen molar-refractivity contribution in [3.05, 3.63) is 29.8 Å². The summed E-state index contributed by atoms with van der Waals surface area (Å²) in [6.45, 7) is 2.70. The summed E-state index contributed by atoms with van der Waals surface area (Å²) in [7, 11) is -3.19. The molecule has 0 aliphatic carbocycles. The molecule has 0 aromatic heterocycles. The van der Waals surface area contributed by atoms with Gasteiger partial charge in [-0.2, -0.15) is 0 Å². The quantitative estimate of drug-likeness (QED) is 0.834. The van der Waals surface area contributed by atoms with E-state index in [1.54, 1.807) is 19.1 Å². The second-order valence-corrected chi connectivity index (χ2v) is 5.21. The molecule has 0 spiro atoms. The molecule has 0 saturated heterocycles. The molecule has 0 unspecified atom stereocenters. The van der Waals surface area contributed by atoms with E-state index in [1.807, 2.05) is 12.1 Å². The number of sulfonamides is 1. The lowest BCUT2D eigenvalue weighted by molar-refractivity contribution is 0.598. The van der Waals surface area contributed by atoms with Crippen LogP contribution in [0.5, 0.6) is 0 Å². The monoisotopic (exact) mass is 228 g/mol. The predicted molar refractivity (Wildman–Crippen MR) is 62.2 cm³/mol. The molecule has 2 N–H and O–H groups in total. The summed E-state index contributed by atoms with van der Waals surface area (Å²) < 4.78 is 24.2. The van der Waals surface area contributed by atoms with Gasteiger partial charge in [-0.1, -0.05) is 12.1 Å². The molecule has 5 heteroatoms. The lowest BCUT2D eigenvalue weighted by atomic mass is 10.2. The molecule has 84 valence electrons. The summed E-state index contributed by atoms with van der Waals surface area (Å²) in [4.78, 5) is 0. The van der Waals surface area contributed by atoms with E-state index in [-0.39, 0.29) is 0 Å². The van der Waals surface area contributed by atoms with Crippen LogP contribution < -0.4 is 10.0 Å². The van der Waals surface area contributed by atoms with Crippen molar-refractivity contribution in [2.45, 2.75) is 13.5 Å². The van der Waals surface area contributed by atoms with E-state index in [0.29, 0.717) is 18.8 Å². The molecule has 0 atom stereocenters. The maximum Gasteiger partial charge on any atom is 0.232 e. The van der Waals surface area contributed by atoms with Gasteiger partial charge >= 0.3 is 0 Å². The van der Waals surface area contributed by atoms with Crippen LogP contribution in [0.15, 0.2) is 24.3 Å². The number of hydrogen-bond donors (Lipinski definition) is 1. The number of nitrogens with zero attached hydrogens (tertiary/aromatic N) is 1. The highest BCUT2D eigenvalue weighted by Crippen LogP contribution is 2.17. The Hall–Kier alpha value is -1.07. The highest BCUT2D eigenvalue weighted by molar-refractivity contribution is 7.92. The minimum Gasteiger partial charge on any atom is -0.326 e. The van der Waals surface area contributed by atoms with E-state index in [9.17, 15) is 8.42 Å². The molecule has 0 aliphatic heterocycles. The molecule has 0 saturated carbocycles. The molecule has 1 aromatic carbocycles. The molecule has 0 aliphatic rings. The number of anilines is 1. The zero-order valence-electron chi connectivity index (χ0n) is 8.97. The predicted octanol–water partition coefficient (Wildman–Crippen LogP) is 0.931. The van der Waals surface area contributed by atoms with Crippen molar-refractivity contribution >= 4 is 15.7 Å². The van der Waals surface area contributed by atoms with Crippen LogP contribution >= 0.6 is 0 Å². The maximum atomic E-state index is 11.4. The number of rotatable bonds is 4. The van der Waals surface area contributed by atoms with Crippen LogP contribution in [-0.4, -0.2) is 21.2 Å². The van der Waals surface area contributed by atoms with E-state index < -0.39 is 10.0 Å². The third-order valence-corrected chi connectivity index (χ3v) is 3.42. The van der Waals surface area contributed by atoms with E-state index in [0.717, 1.165) is 5.56 Å². The average molecular weight is 228 g/mol. The molecule has 1 rings (SSSR count). The van der Waals surface area contributed by atoms with E-state index in [1.165, 1.54) is 10.6 Å². The van der Waals surface area contributed by atoms with Crippen LogP contribution in [0, 0.1) is 0 Å². The van der Waals surface area contributed by atoms with Gasteiger partial charge < -0.3 is 5.73 Å². The van der Waals surface area contributed by atoms with Gasteiger partial charge in [-0.3, -0.25) is 4.31 Å². The first-order valence-corrected chi connectivity index (χ1v) is 6.60.